The van der Waals surface area contributed by atoms with Crippen molar-refractivity contribution in [2.45, 2.75) is 31.5 Å². The maximum Gasteiger partial charge on any atom is 0.230 e. The van der Waals surface area contributed by atoms with Gasteiger partial charge in [0.15, 0.2) is 5.16 Å². The Labute approximate surface area is 123 Å². The van der Waals surface area contributed by atoms with Gasteiger partial charge in [0.25, 0.3) is 0 Å². The van der Waals surface area contributed by atoms with Crippen LogP contribution in [0.3, 0.4) is 0 Å². The summed E-state index contributed by atoms with van der Waals surface area (Å²) >= 11 is 1.38. The van der Waals surface area contributed by atoms with E-state index in [4.69, 9.17) is 9.84 Å². The Morgan fingerprint density at radius 2 is 2.35 bits per heavy atom. The molecule has 1 aromatic rings. The number of nitrogens with one attached hydrogen (secondary N) is 1. The van der Waals surface area contributed by atoms with E-state index in [1.165, 1.54) is 11.8 Å². The lowest BCUT2D eigenvalue weighted by atomic mass is 10.4. The van der Waals surface area contributed by atoms with Gasteiger partial charge in [-0.2, -0.15) is 0 Å². The molecule has 0 atom stereocenters. The molecule has 0 aliphatic carbocycles. The Bertz CT molecular complexity index is 398. The fourth-order valence-electron chi connectivity index (χ4n) is 1.44. The number of amides is 1. The molecule has 1 rings (SSSR count). The summed E-state index contributed by atoms with van der Waals surface area (Å²) < 4.78 is 7.03. The third-order valence-electron chi connectivity index (χ3n) is 2.45. The highest BCUT2D eigenvalue weighted by molar-refractivity contribution is 7.99. The van der Waals surface area contributed by atoms with E-state index in [2.05, 4.69) is 15.5 Å². The van der Waals surface area contributed by atoms with Crippen LogP contribution in [0.25, 0.3) is 0 Å². The number of aromatic nitrogens is 3. The number of thioether (sulfide) groups is 1. The van der Waals surface area contributed by atoms with E-state index in [9.17, 15) is 4.79 Å². The van der Waals surface area contributed by atoms with Gasteiger partial charge in [-0.25, -0.2) is 0 Å². The monoisotopic (exact) mass is 302 g/mol. The fourth-order valence-corrected chi connectivity index (χ4v) is 2.31. The summed E-state index contributed by atoms with van der Waals surface area (Å²) in [4.78, 5) is 11.6. The topological polar surface area (TPSA) is 89.3 Å². The zero-order valence-corrected chi connectivity index (χ0v) is 12.7. The molecule has 0 fully saturated rings. The van der Waals surface area contributed by atoms with Crippen LogP contribution in [0.15, 0.2) is 11.5 Å². The van der Waals surface area contributed by atoms with Crippen LogP contribution in [0.4, 0.5) is 0 Å². The zero-order chi connectivity index (χ0) is 14.8. The third-order valence-corrected chi connectivity index (χ3v) is 3.41. The molecule has 0 saturated heterocycles. The van der Waals surface area contributed by atoms with E-state index in [0.29, 0.717) is 25.5 Å². The highest BCUT2D eigenvalue weighted by Crippen LogP contribution is 2.18. The average Bonchev–Trinajstić information content (AvgIpc) is 2.89. The van der Waals surface area contributed by atoms with E-state index in [1.807, 2.05) is 18.4 Å². The van der Waals surface area contributed by atoms with Gasteiger partial charge in [-0.05, 0) is 20.3 Å². The van der Waals surface area contributed by atoms with Gasteiger partial charge in [-0.1, -0.05) is 11.8 Å². The Morgan fingerprint density at radius 1 is 1.55 bits per heavy atom. The predicted molar refractivity (Wildman–Crippen MR) is 76.7 cm³/mol. The van der Waals surface area contributed by atoms with Gasteiger partial charge in [-0.15, -0.1) is 10.2 Å². The maximum absolute atomic E-state index is 11.6. The summed E-state index contributed by atoms with van der Waals surface area (Å²) in [6.45, 7) is 5.56. The van der Waals surface area contributed by atoms with Crippen molar-refractivity contribution in [1.82, 2.24) is 20.1 Å². The van der Waals surface area contributed by atoms with Gasteiger partial charge in [-0.3, -0.25) is 4.79 Å². The first-order valence-electron chi connectivity index (χ1n) is 6.62. The Kier molecular flexibility index (Phi) is 8.24. The fraction of sp³-hybridized carbons (Fsp3) is 0.750. The predicted octanol–water partition coefficient (Wildman–Crippen LogP) is 0.466. The second-order valence-corrected chi connectivity index (χ2v) is 5.39. The summed E-state index contributed by atoms with van der Waals surface area (Å²) in [7, 11) is 0. The molecule has 0 radical (unpaired) electrons. The first kappa shape index (κ1) is 16.9. The van der Waals surface area contributed by atoms with Crippen molar-refractivity contribution in [2.24, 2.45) is 0 Å². The third kappa shape index (κ3) is 6.36. The number of hydrogen-bond acceptors (Lipinski definition) is 6. The minimum atomic E-state index is -0.0320. The quantitative estimate of drug-likeness (QED) is 0.482. The number of ether oxygens (including phenoxy) is 1. The van der Waals surface area contributed by atoms with Crippen molar-refractivity contribution >= 4 is 17.7 Å². The summed E-state index contributed by atoms with van der Waals surface area (Å²) in [5.74, 6) is 0.290. The lowest BCUT2D eigenvalue weighted by Gasteiger charge is -2.09. The van der Waals surface area contributed by atoms with E-state index < -0.39 is 0 Å². The van der Waals surface area contributed by atoms with E-state index >= 15 is 0 Å². The van der Waals surface area contributed by atoms with Gasteiger partial charge in [0.2, 0.25) is 5.91 Å². The molecule has 1 heterocycles. The summed E-state index contributed by atoms with van der Waals surface area (Å²) in [5, 5.41) is 19.9. The molecular formula is C12H22N4O3S. The molecule has 1 amide bonds. The molecule has 0 spiro atoms. The molecule has 0 bridgehead atoms. The van der Waals surface area contributed by atoms with E-state index in [0.717, 1.165) is 11.6 Å². The smallest absolute Gasteiger partial charge is 0.230 e. The Balaban J connectivity index is 2.15. The number of hydrogen-bond donors (Lipinski definition) is 2. The van der Waals surface area contributed by atoms with Crippen LogP contribution in [-0.2, 0) is 9.53 Å². The van der Waals surface area contributed by atoms with Gasteiger partial charge < -0.3 is 19.7 Å². The minimum absolute atomic E-state index is 0.0273. The summed E-state index contributed by atoms with van der Waals surface area (Å²) in [5.41, 5.74) is 0. The van der Waals surface area contributed by atoms with Crippen molar-refractivity contribution in [3.8, 4) is 0 Å². The minimum Gasteiger partial charge on any atom is -0.394 e. The molecule has 0 saturated carbocycles. The number of nitrogens with zero attached hydrogens (tertiary/aromatic N) is 3. The molecule has 0 aliphatic rings. The number of rotatable bonds is 10. The maximum atomic E-state index is 11.6. The van der Waals surface area contributed by atoms with Gasteiger partial charge >= 0.3 is 0 Å². The van der Waals surface area contributed by atoms with Crippen LogP contribution in [-0.4, -0.2) is 57.9 Å². The van der Waals surface area contributed by atoms with Crippen molar-refractivity contribution in [1.29, 1.82) is 0 Å². The zero-order valence-electron chi connectivity index (χ0n) is 11.9. The average molecular weight is 302 g/mol. The lowest BCUT2D eigenvalue weighted by Crippen LogP contribution is -2.27. The highest BCUT2D eigenvalue weighted by Gasteiger charge is 2.10. The molecule has 0 aromatic carbocycles. The van der Waals surface area contributed by atoms with Gasteiger partial charge in [0, 0.05) is 19.2 Å². The summed E-state index contributed by atoms with van der Waals surface area (Å²) in [6.07, 6.45) is 2.40. The number of aliphatic hydroxyl groups is 1. The van der Waals surface area contributed by atoms with E-state index in [1.54, 1.807) is 6.33 Å². The number of carbonyl (C=O) groups excluding carboxylic acids is 1. The lowest BCUT2D eigenvalue weighted by molar-refractivity contribution is -0.118. The van der Waals surface area contributed by atoms with Crippen LogP contribution < -0.4 is 5.32 Å². The largest absolute Gasteiger partial charge is 0.394 e. The summed E-state index contributed by atoms with van der Waals surface area (Å²) in [6, 6.07) is 0.277. The first-order chi connectivity index (χ1) is 9.65. The molecule has 1 aromatic heterocycles. The van der Waals surface area contributed by atoms with Crippen LogP contribution in [0.1, 0.15) is 26.3 Å². The van der Waals surface area contributed by atoms with Crippen molar-refractivity contribution in [3.05, 3.63) is 6.33 Å². The number of carbonyl (C=O) groups is 1. The number of aliphatic hydroxyl groups excluding tert-OH is 1. The van der Waals surface area contributed by atoms with E-state index in [-0.39, 0.29) is 18.6 Å². The molecule has 7 nitrogen and oxygen atoms in total. The highest BCUT2D eigenvalue weighted by atomic mass is 32.2. The Hall–Kier alpha value is -1.12. The molecule has 0 aliphatic heterocycles. The molecule has 8 heteroatoms. The molecule has 0 unspecified atom stereocenters. The SMILES string of the molecule is CC(C)n1cnnc1SCC(=O)NCCCOCCO. The van der Waals surface area contributed by atoms with Crippen LogP contribution in [0, 0.1) is 0 Å². The van der Waals surface area contributed by atoms with Crippen LogP contribution in [0.2, 0.25) is 0 Å². The second kappa shape index (κ2) is 9.73. The standard InChI is InChI=1S/C12H22N4O3S/c1-10(2)16-9-14-15-12(16)20-8-11(18)13-4-3-6-19-7-5-17/h9-10,17H,3-8H2,1-2H3,(H,13,18). The second-order valence-electron chi connectivity index (χ2n) is 4.44. The van der Waals surface area contributed by atoms with Crippen LogP contribution >= 0.6 is 11.8 Å². The molecule has 114 valence electrons. The van der Waals surface area contributed by atoms with Crippen molar-refractivity contribution < 1.29 is 14.6 Å². The first-order valence-corrected chi connectivity index (χ1v) is 7.61. The molecule has 20 heavy (non-hydrogen) atoms. The molecule has 2 N–H and O–H groups in total. The Morgan fingerprint density at radius 3 is 3.05 bits per heavy atom. The van der Waals surface area contributed by atoms with Crippen molar-refractivity contribution in [3.63, 3.8) is 0 Å². The van der Waals surface area contributed by atoms with Gasteiger partial charge in [0.05, 0.1) is 19.0 Å². The van der Waals surface area contributed by atoms with Crippen molar-refractivity contribution in [2.75, 3.05) is 32.1 Å². The normalized spacial score (nSPS) is 11.0. The van der Waals surface area contributed by atoms with Gasteiger partial charge in [0.1, 0.15) is 6.33 Å². The van der Waals surface area contributed by atoms with Crippen LogP contribution in [0.5, 0.6) is 0 Å². The molecular weight excluding hydrogens is 280 g/mol.